The third-order valence-corrected chi connectivity index (χ3v) is 3.93. The summed E-state index contributed by atoms with van der Waals surface area (Å²) in [7, 11) is 0. The predicted octanol–water partition coefficient (Wildman–Crippen LogP) is 2.17. The minimum absolute atomic E-state index is 0.176. The van der Waals surface area contributed by atoms with Crippen LogP contribution in [-0.4, -0.2) is 41.7 Å². The second kappa shape index (κ2) is 5.07. The zero-order valence-electron chi connectivity index (χ0n) is 7.92. The van der Waals surface area contributed by atoms with Gasteiger partial charge in [0.2, 0.25) is 0 Å². The molecule has 0 aromatic rings. The number of thioether (sulfide) groups is 1. The molecule has 0 amide bonds. The van der Waals surface area contributed by atoms with Crippen molar-refractivity contribution in [1.82, 2.24) is 4.90 Å². The van der Waals surface area contributed by atoms with Crippen LogP contribution >= 0.6 is 11.8 Å². The monoisotopic (exact) mass is 191 g/mol. The minimum Gasteiger partial charge on any atom is -0.299 e. The van der Waals surface area contributed by atoms with Gasteiger partial charge in [0.1, 0.15) is 0 Å². The molecule has 72 valence electrons. The second-order valence-electron chi connectivity index (χ2n) is 3.40. The Hall–Kier alpha value is 0.240. The van der Waals surface area contributed by atoms with Crippen LogP contribution in [0.4, 0.5) is 4.39 Å². The zero-order valence-corrected chi connectivity index (χ0v) is 8.74. The molecule has 1 aliphatic rings. The van der Waals surface area contributed by atoms with Crippen molar-refractivity contribution < 1.29 is 4.39 Å². The third-order valence-electron chi connectivity index (χ3n) is 2.59. The molecule has 1 aliphatic heterocycles. The maximum Gasteiger partial charge on any atom is 0.0906 e. The molecule has 0 N–H and O–H groups in total. The maximum absolute atomic E-state index is 11.9. The number of halogens is 1. The smallest absolute Gasteiger partial charge is 0.0906 e. The van der Waals surface area contributed by atoms with Crippen LogP contribution < -0.4 is 0 Å². The van der Waals surface area contributed by atoms with Crippen LogP contribution in [0.15, 0.2) is 0 Å². The second-order valence-corrected chi connectivity index (χ2v) is 4.88. The highest BCUT2D eigenvalue weighted by atomic mass is 32.2. The molecule has 0 aromatic heterocycles. The molecule has 0 aromatic carbocycles. The molecule has 1 fully saturated rings. The first-order valence-corrected chi connectivity index (χ1v) is 5.72. The van der Waals surface area contributed by atoms with Gasteiger partial charge in [-0.2, -0.15) is 11.8 Å². The van der Waals surface area contributed by atoms with Crippen molar-refractivity contribution in [1.29, 1.82) is 0 Å². The van der Waals surface area contributed by atoms with Crippen LogP contribution in [0.2, 0.25) is 0 Å². The lowest BCUT2D eigenvalue weighted by molar-refractivity contribution is 0.204. The highest BCUT2D eigenvalue weighted by molar-refractivity contribution is 8.00. The van der Waals surface area contributed by atoms with Gasteiger partial charge in [0, 0.05) is 30.1 Å². The van der Waals surface area contributed by atoms with Crippen LogP contribution in [0, 0.1) is 0 Å². The van der Waals surface area contributed by atoms with Crippen LogP contribution in [-0.2, 0) is 0 Å². The molecule has 1 heterocycles. The van der Waals surface area contributed by atoms with E-state index in [0.717, 1.165) is 13.1 Å². The van der Waals surface area contributed by atoms with E-state index in [0.29, 0.717) is 17.7 Å². The molecule has 0 aliphatic carbocycles. The van der Waals surface area contributed by atoms with E-state index in [9.17, 15) is 4.39 Å². The highest BCUT2D eigenvalue weighted by Gasteiger charge is 2.24. The van der Waals surface area contributed by atoms with Gasteiger partial charge in [0.05, 0.1) is 6.67 Å². The molecule has 2 unspecified atom stereocenters. The molecule has 2 atom stereocenters. The van der Waals surface area contributed by atoms with Crippen molar-refractivity contribution in [2.24, 2.45) is 0 Å². The van der Waals surface area contributed by atoms with Crippen molar-refractivity contribution in [3.8, 4) is 0 Å². The lowest BCUT2D eigenvalue weighted by atomic mass is 10.2. The minimum atomic E-state index is -0.176. The van der Waals surface area contributed by atoms with Crippen LogP contribution in [0.1, 0.15) is 20.3 Å². The van der Waals surface area contributed by atoms with Crippen LogP contribution in [0.5, 0.6) is 0 Å². The van der Waals surface area contributed by atoms with Gasteiger partial charge in [-0.3, -0.25) is 9.29 Å². The van der Waals surface area contributed by atoms with Gasteiger partial charge in [-0.1, -0.05) is 6.92 Å². The van der Waals surface area contributed by atoms with E-state index in [4.69, 9.17) is 0 Å². The molecule has 12 heavy (non-hydrogen) atoms. The fraction of sp³-hybridized carbons (Fsp3) is 1.00. The van der Waals surface area contributed by atoms with Crippen molar-refractivity contribution in [3.05, 3.63) is 0 Å². The zero-order chi connectivity index (χ0) is 8.97. The largest absolute Gasteiger partial charge is 0.299 e. The Balaban J connectivity index is 2.30. The van der Waals surface area contributed by atoms with Gasteiger partial charge in [0.25, 0.3) is 0 Å². The van der Waals surface area contributed by atoms with Crippen molar-refractivity contribution in [2.45, 2.75) is 31.6 Å². The Morgan fingerprint density at radius 2 is 2.25 bits per heavy atom. The first kappa shape index (κ1) is 10.3. The molecule has 3 heteroatoms. The van der Waals surface area contributed by atoms with E-state index >= 15 is 0 Å². The number of rotatable bonds is 3. The van der Waals surface area contributed by atoms with E-state index < -0.39 is 0 Å². The number of hydrogen-bond donors (Lipinski definition) is 0. The predicted molar refractivity (Wildman–Crippen MR) is 53.5 cm³/mol. The van der Waals surface area contributed by atoms with E-state index in [1.54, 1.807) is 0 Å². The average Bonchev–Trinajstić information content (AvgIpc) is 2.08. The summed E-state index contributed by atoms with van der Waals surface area (Å²) in [5, 5.41) is 0.707. The van der Waals surface area contributed by atoms with Gasteiger partial charge in [0.15, 0.2) is 0 Å². The van der Waals surface area contributed by atoms with E-state index in [2.05, 4.69) is 18.7 Å². The SMILES string of the molecule is CC1SCCN(CCCF)C1C. The van der Waals surface area contributed by atoms with Gasteiger partial charge in [-0.25, -0.2) is 0 Å². The molecule has 0 saturated carbocycles. The summed E-state index contributed by atoms with van der Waals surface area (Å²) < 4.78 is 11.9. The summed E-state index contributed by atoms with van der Waals surface area (Å²) in [5.41, 5.74) is 0. The topological polar surface area (TPSA) is 3.24 Å². The van der Waals surface area contributed by atoms with Crippen LogP contribution in [0.25, 0.3) is 0 Å². The summed E-state index contributed by atoms with van der Waals surface area (Å²) in [5.74, 6) is 1.21. The first-order valence-electron chi connectivity index (χ1n) is 4.67. The summed E-state index contributed by atoms with van der Waals surface area (Å²) in [4.78, 5) is 2.40. The quantitative estimate of drug-likeness (QED) is 0.672. The molecule has 1 nitrogen and oxygen atoms in total. The molecular formula is C9H18FNS. The molecule has 0 radical (unpaired) electrons. The molecule has 1 rings (SSSR count). The fourth-order valence-corrected chi connectivity index (χ4v) is 2.74. The standard InChI is InChI=1S/C9H18FNS/c1-8-9(2)12-7-6-11(8)5-3-4-10/h8-9H,3-7H2,1-2H3. The van der Waals surface area contributed by atoms with Crippen molar-refractivity contribution in [3.63, 3.8) is 0 Å². The Kier molecular flexibility index (Phi) is 4.36. The summed E-state index contributed by atoms with van der Waals surface area (Å²) in [6, 6.07) is 0.621. The number of alkyl halides is 1. The number of nitrogens with zero attached hydrogens (tertiary/aromatic N) is 1. The van der Waals surface area contributed by atoms with Gasteiger partial charge < -0.3 is 0 Å². The summed E-state index contributed by atoms with van der Waals surface area (Å²) in [6.07, 6.45) is 0.696. The van der Waals surface area contributed by atoms with E-state index in [-0.39, 0.29) is 6.67 Å². The van der Waals surface area contributed by atoms with Crippen molar-refractivity contribution >= 4 is 11.8 Å². The lowest BCUT2D eigenvalue weighted by Crippen LogP contribution is -2.45. The fourth-order valence-electron chi connectivity index (χ4n) is 1.57. The molecule has 0 spiro atoms. The normalized spacial score (nSPS) is 32.2. The van der Waals surface area contributed by atoms with Gasteiger partial charge in [-0.05, 0) is 13.3 Å². The number of hydrogen-bond acceptors (Lipinski definition) is 2. The molecular weight excluding hydrogens is 173 g/mol. The van der Waals surface area contributed by atoms with Crippen molar-refractivity contribution in [2.75, 3.05) is 25.5 Å². The maximum atomic E-state index is 11.9. The average molecular weight is 191 g/mol. The summed E-state index contributed by atoms with van der Waals surface area (Å²) in [6.45, 7) is 6.40. The Labute approximate surface area is 78.7 Å². The van der Waals surface area contributed by atoms with Crippen LogP contribution in [0.3, 0.4) is 0 Å². The molecule has 1 saturated heterocycles. The summed E-state index contributed by atoms with van der Waals surface area (Å²) >= 11 is 2.03. The lowest BCUT2D eigenvalue weighted by Gasteiger charge is -2.37. The Morgan fingerprint density at radius 1 is 1.50 bits per heavy atom. The molecule has 0 bridgehead atoms. The van der Waals surface area contributed by atoms with E-state index in [1.807, 2.05) is 11.8 Å². The third kappa shape index (κ3) is 2.63. The van der Waals surface area contributed by atoms with Gasteiger partial charge >= 0.3 is 0 Å². The highest BCUT2D eigenvalue weighted by Crippen LogP contribution is 2.23. The first-order chi connectivity index (χ1) is 5.75. The Bertz CT molecular complexity index is 132. The Morgan fingerprint density at radius 3 is 2.92 bits per heavy atom. The van der Waals surface area contributed by atoms with E-state index in [1.165, 1.54) is 5.75 Å². The van der Waals surface area contributed by atoms with Gasteiger partial charge in [-0.15, -0.1) is 0 Å².